The molecule has 0 bridgehead atoms. The molecule has 106 valence electrons. The number of carbonyl (C=O) groups is 1. The highest BCUT2D eigenvalue weighted by atomic mass is 16.5. The molecule has 0 unspecified atom stereocenters. The van der Waals surface area contributed by atoms with Crippen molar-refractivity contribution >= 4 is 11.7 Å². The van der Waals surface area contributed by atoms with Gasteiger partial charge in [0.25, 0.3) is 5.91 Å². The number of amides is 1. The van der Waals surface area contributed by atoms with Gasteiger partial charge in [0.05, 0.1) is 6.61 Å². The van der Waals surface area contributed by atoms with Gasteiger partial charge in [0.1, 0.15) is 11.5 Å². The average Bonchev–Trinajstić information content (AvgIpc) is 2.44. The zero-order valence-electron chi connectivity index (χ0n) is 12.0. The summed E-state index contributed by atoms with van der Waals surface area (Å²) < 4.78 is 5.24. The monoisotopic (exact) mass is 265 g/mol. The second-order valence-corrected chi connectivity index (χ2v) is 4.26. The van der Waals surface area contributed by atoms with Crippen LogP contribution < -0.4 is 5.32 Å². The third kappa shape index (κ3) is 5.26. The summed E-state index contributed by atoms with van der Waals surface area (Å²) in [7, 11) is 1.76. The number of hydrogen-bond acceptors (Lipinski definition) is 4. The van der Waals surface area contributed by atoms with Crippen molar-refractivity contribution in [2.24, 2.45) is 0 Å². The Kier molecular flexibility index (Phi) is 6.89. The molecule has 0 aromatic carbocycles. The number of likely N-dealkylation sites (N-methyl/N-ethyl adjacent to an activating group) is 1. The molecule has 0 spiro atoms. The standard InChI is InChI=1S/C14H23N3O2/c1-4-9-15-13-8-6-7-12(16-13)14(18)17(3)10-11-19-5-2/h6-8H,4-5,9-11H2,1-3H3,(H,15,16). The quantitative estimate of drug-likeness (QED) is 0.731. The Bertz CT molecular complexity index is 396. The number of ether oxygens (including phenoxy) is 1. The second-order valence-electron chi connectivity index (χ2n) is 4.26. The maximum absolute atomic E-state index is 12.1. The Morgan fingerprint density at radius 1 is 1.42 bits per heavy atom. The molecule has 1 amide bonds. The normalized spacial score (nSPS) is 10.3. The molecule has 1 heterocycles. The number of pyridine rings is 1. The Labute approximate surface area is 115 Å². The molecule has 1 aromatic heterocycles. The molecule has 1 rings (SSSR count). The summed E-state index contributed by atoms with van der Waals surface area (Å²) in [6.07, 6.45) is 1.02. The van der Waals surface area contributed by atoms with E-state index in [0.717, 1.165) is 18.8 Å². The fraction of sp³-hybridized carbons (Fsp3) is 0.571. The van der Waals surface area contributed by atoms with Gasteiger partial charge < -0.3 is 15.0 Å². The summed E-state index contributed by atoms with van der Waals surface area (Å²) in [6, 6.07) is 5.44. The van der Waals surface area contributed by atoms with Crippen molar-refractivity contribution in [2.75, 3.05) is 38.7 Å². The molecule has 0 aliphatic heterocycles. The van der Waals surface area contributed by atoms with Crippen LogP contribution in [0, 0.1) is 0 Å². The third-order valence-corrected chi connectivity index (χ3v) is 2.65. The molecule has 0 fully saturated rings. The number of anilines is 1. The smallest absolute Gasteiger partial charge is 0.272 e. The van der Waals surface area contributed by atoms with Gasteiger partial charge >= 0.3 is 0 Å². The number of nitrogens with zero attached hydrogens (tertiary/aromatic N) is 2. The van der Waals surface area contributed by atoms with Crippen LogP contribution in [-0.4, -0.2) is 49.1 Å². The van der Waals surface area contributed by atoms with Crippen molar-refractivity contribution in [3.05, 3.63) is 23.9 Å². The topological polar surface area (TPSA) is 54.5 Å². The van der Waals surface area contributed by atoms with Crippen LogP contribution in [0.1, 0.15) is 30.8 Å². The van der Waals surface area contributed by atoms with Gasteiger partial charge in [-0.05, 0) is 25.5 Å². The molecule has 5 heteroatoms. The van der Waals surface area contributed by atoms with Gasteiger partial charge in [0.2, 0.25) is 0 Å². The molecule has 0 atom stereocenters. The fourth-order valence-corrected chi connectivity index (χ4v) is 1.55. The molecule has 1 N–H and O–H groups in total. The second kappa shape index (κ2) is 8.48. The highest BCUT2D eigenvalue weighted by Crippen LogP contribution is 2.07. The maximum Gasteiger partial charge on any atom is 0.272 e. The van der Waals surface area contributed by atoms with E-state index in [2.05, 4.69) is 17.2 Å². The molecule has 0 aliphatic carbocycles. The minimum Gasteiger partial charge on any atom is -0.380 e. The summed E-state index contributed by atoms with van der Waals surface area (Å²) in [4.78, 5) is 18.1. The molecule has 19 heavy (non-hydrogen) atoms. The number of rotatable bonds is 8. The van der Waals surface area contributed by atoms with E-state index in [1.807, 2.05) is 19.1 Å². The average molecular weight is 265 g/mol. The van der Waals surface area contributed by atoms with E-state index >= 15 is 0 Å². The van der Waals surface area contributed by atoms with Crippen LogP contribution in [0.15, 0.2) is 18.2 Å². The lowest BCUT2D eigenvalue weighted by atomic mass is 10.3. The van der Waals surface area contributed by atoms with E-state index in [9.17, 15) is 4.79 Å². The first-order chi connectivity index (χ1) is 9.19. The zero-order valence-corrected chi connectivity index (χ0v) is 12.0. The number of hydrogen-bond donors (Lipinski definition) is 1. The third-order valence-electron chi connectivity index (χ3n) is 2.65. The number of nitrogens with one attached hydrogen (secondary N) is 1. The molecular formula is C14H23N3O2. The molecular weight excluding hydrogens is 242 g/mol. The minimum absolute atomic E-state index is 0.0835. The van der Waals surface area contributed by atoms with Crippen LogP contribution in [0.4, 0.5) is 5.82 Å². The van der Waals surface area contributed by atoms with Gasteiger partial charge in [0.15, 0.2) is 0 Å². The van der Waals surface area contributed by atoms with Gasteiger partial charge in [-0.1, -0.05) is 13.0 Å². The van der Waals surface area contributed by atoms with Crippen LogP contribution >= 0.6 is 0 Å². The summed E-state index contributed by atoms with van der Waals surface area (Å²) in [5.74, 6) is 0.658. The van der Waals surface area contributed by atoms with Gasteiger partial charge in [-0.15, -0.1) is 0 Å². The number of carbonyl (C=O) groups excluding carboxylic acids is 1. The molecule has 0 saturated carbocycles. The van der Waals surface area contributed by atoms with Crippen molar-refractivity contribution in [3.8, 4) is 0 Å². The lowest BCUT2D eigenvalue weighted by Gasteiger charge is -2.16. The minimum atomic E-state index is -0.0835. The van der Waals surface area contributed by atoms with E-state index in [1.54, 1.807) is 18.0 Å². The summed E-state index contributed by atoms with van der Waals surface area (Å²) in [5, 5.41) is 3.17. The van der Waals surface area contributed by atoms with E-state index < -0.39 is 0 Å². The molecule has 0 aliphatic rings. The van der Waals surface area contributed by atoms with E-state index in [4.69, 9.17) is 4.74 Å². The lowest BCUT2D eigenvalue weighted by molar-refractivity contribution is 0.0704. The highest BCUT2D eigenvalue weighted by molar-refractivity contribution is 5.92. The highest BCUT2D eigenvalue weighted by Gasteiger charge is 2.13. The summed E-state index contributed by atoms with van der Waals surface area (Å²) in [5.41, 5.74) is 0.458. The number of aromatic nitrogens is 1. The predicted molar refractivity (Wildman–Crippen MR) is 76.5 cm³/mol. The van der Waals surface area contributed by atoms with Crippen molar-refractivity contribution in [1.29, 1.82) is 0 Å². The zero-order chi connectivity index (χ0) is 14.1. The largest absolute Gasteiger partial charge is 0.380 e. The first kappa shape index (κ1) is 15.4. The van der Waals surface area contributed by atoms with Crippen molar-refractivity contribution in [3.63, 3.8) is 0 Å². The SMILES string of the molecule is CCCNc1cccc(C(=O)N(C)CCOCC)n1. The summed E-state index contributed by atoms with van der Waals surface area (Å²) in [6.45, 7) is 6.66. The molecule has 1 aromatic rings. The van der Waals surface area contributed by atoms with Crippen molar-refractivity contribution in [2.45, 2.75) is 20.3 Å². The van der Waals surface area contributed by atoms with E-state index in [1.165, 1.54) is 0 Å². The molecule has 0 radical (unpaired) electrons. The maximum atomic E-state index is 12.1. The Hall–Kier alpha value is -1.62. The predicted octanol–water partition coefficient (Wildman–Crippen LogP) is 2.01. The fourth-order valence-electron chi connectivity index (χ4n) is 1.55. The van der Waals surface area contributed by atoms with Crippen LogP contribution in [0.5, 0.6) is 0 Å². The summed E-state index contributed by atoms with van der Waals surface area (Å²) >= 11 is 0. The van der Waals surface area contributed by atoms with Gasteiger partial charge in [-0.25, -0.2) is 4.98 Å². The van der Waals surface area contributed by atoms with Crippen LogP contribution in [0.3, 0.4) is 0 Å². The molecule has 0 saturated heterocycles. The van der Waals surface area contributed by atoms with Crippen LogP contribution in [0.25, 0.3) is 0 Å². The van der Waals surface area contributed by atoms with Crippen molar-refractivity contribution in [1.82, 2.24) is 9.88 Å². The van der Waals surface area contributed by atoms with Gasteiger partial charge in [-0.3, -0.25) is 4.79 Å². The van der Waals surface area contributed by atoms with E-state index in [0.29, 0.717) is 25.5 Å². The lowest BCUT2D eigenvalue weighted by Crippen LogP contribution is -2.30. The van der Waals surface area contributed by atoms with Gasteiger partial charge in [-0.2, -0.15) is 0 Å². The van der Waals surface area contributed by atoms with Crippen molar-refractivity contribution < 1.29 is 9.53 Å². The first-order valence-electron chi connectivity index (χ1n) is 6.73. The van der Waals surface area contributed by atoms with Gasteiger partial charge in [0, 0.05) is 26.7 Å². The Morgan fingerprint density at radius 3 is 2.89 bits per heavy atom. The van der Waals surface area contributed by atoms with Crippen LogP contribution in [0.2, 0.25) is 0 Å². The Morgan fingerprint density at radius 2 is 2.21 bits per heavy atom. The van der Waals surface area contributed by atoms with E-state index in [-0.39, 0.29) is 5.91 Å². The van der Waals surface area contributed by atoms with Crippen LogP contribution in [-0.2, 0) is 4.74 Å². The molecule has 5 nitrogen and oxygen atoms in total. The Balaban J connectivity index is 2.60. The first-order valence-corrected chi connectivity index (χ1v) is 6.73.